The molecule has 1 heterocycles. The fourth-order valence-electron chi connectivity index (χ4n) is 2.32. The smallest absolute Gasteiger partial charge is 0.309 e. The molecule has 0 atom stereocenters. The van der Waals surface area contributed by atoms with Crippen molar-refractivity contribution >= 4 is 22.8 Å². The van der Waals surface area contributed by atoms with Gasteiger partial charge in [0.15, 0.2) is 5.58 Å². The van der Waals surface area contributed by atoms with Crippen molar-refractivity contribution in [3.05, 3.63) is 42.0 Å². The molecule has 6 nitrogen and oxygen atoms in total. The molecule has 0 unspecified atom stereocenters. The molecule has 0 fully saturated rings. The number of fused-ring (bicyclic) bond motifs is 1. The van der Waals surface area contributed by atoms with Crippen molar-refractivity contribution in [3.63, 3.8) is 0 Å². The van der Waals surface area contributed by atoms with Gasteiger partial charge in [-0.15, -0.1) is 0 Å². The van der Waals surface area contributed by atoms with Crippen LogP contribution in [0.15, 0.2) is 40.8 Å². The summed E-state index contributed by atoms with van der Waals surface area (Å²) < 4.78 is 15.8. The minimum absolute atomic E-state index is 0.194. The van der Waals surface area contributed by atoms with Crippen molar-refractivity contribution < 1.29 is 18.7 Å². The van der Waals surface area contributed by atoms with Gasteiger partial charge >= 0.3 is 5.97 Å². The Morgan fingerprint density at radius 1 is 1.22 bits per heavy atom. The number of hydrogen-bond acceptors (Lipinski definition) is 6. The molecular weight excluding hydrogens is 296 g/mol. The van der Waals surface area contributed by atoms with Crippen molar-refractivity contribution in [2.45, 2.75) is 6.42 Å². The zero-order valence-corrected chi connectivity index (χ0v) is 12.8. The molecule has 2 aromatic carbocycles. The number of benzene rings is 2. The zero-order chi connectivity index (χ0) is 16.4. The first-order valence-corrected chi connectivity index (χ1v) is 7.01. The summed E-state index contributed by atoms with van der Waals surface area (Å²) in [5.74, 6) is 0.728. The van der Waals surface area contributed by atoms with Crippen LogP contribution in [0.1, 0.15) is 5.56 Å². The molecule has 0 amide bonds. The predicted octanol–water partition coefficient (Wildman–Crippen LogP) is 2.80. The Labute approximate surface area is 132 Å². The lowest BCUT2D eigenvalue weighted by Gasteiger charge is -2.05. The number of hydrogen-bond donors (Lipinski definition) is 1. The third-order valence-electron chi connectivity index (χ3n) is 3.48. The molecule has 1 aromatic heterocycles. The van der Waals surface area contributed by atoms with E-state index in [0.717, 1.165) is 5.56 Å². The summed E-state index contributed by atoms with van der Waals surface area (Å²) in [4.78, 5) is 15.8. The molecule has 0 bridgehead atoms. The number of esters is 1. The van der Waals surface area contributed by atoms with E-state index < -0.39 is 0 Å². The number of ether oxygens (including phenoxy) is 2. The first-order valence-electron chi connectivity index (χ1n) is 7.01. The van der Waals surface area contributed by atoms with Crippen molar-refractivity contribution in [1.29, 1.82) is 0 Å². The normalized spacial score (nSPS) is 10.7. The second-order valence-electron chi connectivity index (χ2n) is 5.03. The van der Waals surface area contributed by atoms with Crippen LogP contribution in [0.4, 0.5) is 5.69 Å². The minimum Gasteiger partial charge on any atom is -0.496 e. The Hall–Kier alpha value is -3.02. The Balaban J connectivity index is 2.02. The maximum Gasteiger partial charge on any atom is 0.309 e. The third kappa shape index (κ3) is 2.96. The third-order valence-corrected chi connectivity index (χ3v) is 3.48. The molecule has 23 heavy (non-hydrogen) atoms. The maximum absolute atomic E-state index is 11.4. The predicted molar refractivity (Wildman–Crippen MR) is 86.1 cm³/mol. The summed E-state index contributed by atoms with van der Waals surface area (Å²) in [6.07, 6.45) is 0.194. The highest BCUT2D eigenvalue weighted by atomic mass is 16.5. The van der Waals surface area contributed by atoms with Crippen LogP contribution in [-0.4, -0.2) is 25.2 Å². The van der Waals surface area contributed by atoms with E-state index in [9.17, 15) is 4.79 Å². The van der Waals surface area contributed by atoms with Crippen molar-refractivity contribution in [1.82, 2.24) is 4.98 Å². The summed E-state index contributed by atoms with van der Waals surface area (Å²) >= 11 is 0. The van der Waals surface area contributed by atoms with Crippen LogP contribution in [0.25, 0.3) is 22.6 Å². The fraction of sp³-hybridized carbons (Fsp3) is 0.176. The van der Waals surface area contributed by atoms with Gasteiger partial charge in [-0.05, 0) is 29.8 Å². The van der Waals surface area contributed by atoms with Gasteiger partial charge in [0.05, 0.1) is 26.2 Å². The number of carbonyl (C=O) groups excluding carboxylic acids is 1. The lowest BCUT2D eigenvalue weighted by atomic mass is 10.1. The zero-order valence-electron chi connectivity index (χ0n) is 12.8. The summed E-state index contributed by atoms with van der Waals surface area (Å²) in [5, 5.41) is 0. The summed E-state index contributed by atoms with van der Waals surface area (Å²) in [7, 11) is 2.93. The van der Waals surface area contributed by atoms with Gasteiger partial charge in [0, 0.05) is 11.8 Å². The number of rotatable bonds is 4. The van der Waals surface area contributed by atoms with E-state index in [1.807, 2.05) is 12.1 Å². The number of nitrogens with zero attached hydrogens (tertiary/aromatic N) is 1. The van der Waals surface area contributed by atoms with Gasteiger partial charge < -0.3 is 19.6 Å². The quantitative estimate of drug-likeness (QED) is 0.589. The lowest BCUT2D eigenvalue weighted by molar-refractivity contribution is -0.139. The van der Waals surface area contributed by atoms with Gasteiger partial charge in [-0.3, -0.25) is 4.79 Å². The van der Waals surface area contributed by atoms with Gasteiger partial charge in [0.2, 0.25) is 5.89 Å². The van der Waals surface area contributed by atoms with Gasteiger partial charge in [-0.1, -0.05) is 6.07 Å². The van der Waals surface area contributed by atoms with Crippen molar-refractivity contribution in [3.8, 4) is 17.2 Å². The molecule has 118 valence electrons. The number of carbonyl (C=O) groups is 1. The molecular formula is C17H16N2O4. The second kappa shape index (κ2) is 6.00. The molecule has 0 saturated heterocycles. The summed E-state index contributed by atoms with van der Waals surface area (Å²) in [6.45, 7) is 0. The van der Waals surface area contributed by atoms with Crippen molar-refractivity contribution in [2.75, 3.05) is 20.0 Å². The molecule has 2 N–H and O–H groups in total. The second-order valence-corrected chi connectivity index (χ2v) is 5.03. The first kappa shape index (κ1) is 14.9. The van der Waals surface area contributed by atoms with Gasteiger partial charge in [-0.2, -0.15) is 0 Å². The van der Waals surface area contributed by atoms with Crippen LogP contribution in [0.5, 0.6) is 5.75 Å². The van der Waals surface area contributed by atoms with Crippen LogP contribution < -0.4 is 10.5 Å². The van der Waals surface area contributed by atoms with Gasteiger partial charge in [-0.25, -0.2) is 4.98 Å². The molecule has 3 rings (SSSR count). The molecule has 0 saturated carbocycles. The van der Waals surface area contributed by atoms with E-state index in [-0.39, 0.29) is 12.4 Å². The molecule has 6 heteroatoms. The topological polar surface area (TPSA) is 87.6 Å². The average Bonchev–Trinajstić information content (AvgIpc) is 2.97. The number of aromatic nitrogens is 1. The molecule has 0 aliphatic carbocycles. The molecule has 0 aliphatic heterocycles. The molecule has 0 spiro atoms. The molecule has 0 aliphatic rings. The van der Waals surface area contributed by atoms with Crippen molar-refractivity contribution in [2.24, 2.45) is 0 Å². The van der Waals surface area contributed by atoms with Crippen LogP contribution in [0.3, 0.4) is 0 Å². The maximum atomic E-state index is 11.4. The van der Waals surface area contributed by atoms with E-state index in [0.29, 0.717) is 34.0 Å². The van der Waals surface area contributed by atoms with E-state index >= 15 is 0 Å². The highest BCUT2D eigenvalue weighted by molar-refractivity contribution is 5.80. The number of anilines is 1. The number of nitrogen functional groups attached to an aromatic ring is 1. The highest BCUT2D eigenvalue weighted by Gasteiger charge is 2.14. The SMILES string of the molecule is COC(=O)Cc1ccc2oc(-c3ccc(N)cc3OC)nc2c1. The highest BCUT2D eigenvalue weighted by Crippen LogP contribution is 2.33. The van der Waals surface area contributed by atoms with Crippen LogP contribution >= 0.6 is 0 Å². The van der Waals surface area contributed by atoms with Gasteiger partial charge in [0.25, 0.3) is 0 Å². The standard InChI is InChI=1S/C17H16N2O4/c1-21-15-9-11(18)4-5-12(15)17-19-13-7-10(8-16(20)22-2)3-6-14(13)23-17/h3-7,9H,8,18H2,1-2H3. The summed E-state index contributed by atoms with van der Waals surface area (Å²) in [5.41, 5.74) is 9.19. The largest absolute Gasteiger partial charge is 0.496 e. The van der Waals surface area contributed by atoms with Crippen LogP contribution in [-0.2, 0) is 16.0 Å². The number of oxazole rings is 1. The first-order chi connectivity index (χ1) is 11.1. The van der Waals surface area contributed by atoms with Gasteiger partial charge in [0.1, 0.15) is 11.3 Å². The minimum atomic E-state index is -0.298. The Kier molecular flexibility index (Phi) is 3.89. The molecule has 0 radical (unpaired) electrons. The fourth-order valence-corrected chi connectivity index (χ4v) is 2.32. The van der Waals surface area contributed by atoms with E-state index in [1.54, 1.807) is 31.4 Å². The van der Waals surface area contributed by atoms with E-state index in [4.69, 9.17) is 14.9 Å². The average molecular weight is 312 g/mol. The lowest BCUT2D eigenvalue weighted by Crippen LogP contribution is -2.04. The Bertz CT molecular complexity index is 870. The van der Waals surface area contributed by atoms with E-state index in [2.05, 4.69) is 9.72 Å². The number of nitrogens with two attached hydrogens (primary N) is 1. The Morgan fingerprint density at radius 3 is 2.78 bits per heavy atom. The van der Waals surface area contributed by atoms with E-state index in [1.165, 1.54) is 7.11 Å². The number of methoxy groups -OCH3 is 2. The Morgan fingerprint density at radius 2 is 2.04 bits per heavy atom. The summed E-state index contributed by atoms with van der Waals surface area (Å²) in [6, 6.07) is 10.7. The monoisotopic (exact) mass is 312 g/mol. The van der Waals surface area contributed by atoms with Crippen LogP contribution in [0, 0.1) is 0 Å². The molecule has 3 aromatic rings. The van der Waals surface area contributed by atoms with Crippen LogP contribution in [0.2, 0.25) is 0 Å².